The number of amides is 1. The lowest BCUT2D eigenvalue weighted by Crippen LogP contribution is -2.57. The van der Waals surface area contributed by atoms with Crippen molar-refractivity contribution < 1.29 is 19.4 Å². The van der Waals surface area contributed by atoms with Crippen LogP contribution in [0.1, 0.15) is 62.5 Å². The second-order valence-corrected chi connectivity index (χ2v) is 12.0. The quantitative estimate of drug-likeness (QED) is 0.410. The van der Waals surface area contributed by atoms with Crippen molar-refractivity contribution in [1.82, 2.24) is 5.32 Å². The van der Waals surface area contributed by atoms with Crippen LogP contribution >= 0.6 is 11.3 Å². The number of carbonyl (C=O) groups excluding carboxylic acids is 1. The summed E-state index contributed by atoms with van der Waals surface area (Å²) in [6.45, 7) is 4.07. The predicted molar refractivity (Wildman–Crippen MR) is 143 cm³/mol. The lowest BCUT2D eigenvalue weighted by atomic mass is 9.50. The second-order valence-electron chi connectivity index (χ2n) is 10.5. The first-order valence-electron chi connectivity index (χ1n) is 12.5. The van der Waals surface area contributed by atoms with Gasteiger partial charge in [0, 0.05) is 15.8 Å². The summed E-state index contributed by atoms with van der Waals surface area (Å²) in [4.78, 5) is 26.6. The lowest BCUT2D eigenvalue weighted by molar-refractivity contribution is -0.155. The smallest absolute Gasteiger partial charge is 0.306 e. The fourth-order valence-corrected chi connectivity index (χ4v) is 7.12. The summed E-state index contributed by atoms with van der Waals surface area (Å²) in [6, 6.07) is 16.0. The largest absolute Gasteiger partial charge is 0.497 e. The molecule has 37 heavy (non-hydrogen) atoms. The van der Waals surface area contributed by atoms with E-state index in [-0.39, 0.29) is 23.3 Å². The predicted octanol–water partition coefficient (Wildman–Crippen LogP) is 5.88. The van der Waals surface area contributed by atoms with E-state index in [2.05, 4.69) is 30.4 Å². The molecule has 7 heteroatoms. The Kier molecular flexibility index (Phi) is 6.55. The molecule has 0 aliphatic heterocycles. The maximum atomic E-state index is 13.3. The molecule has 2 saturated carbocycles. The Morgan fingerprint density at radius 3 is 2.41 bits per heavy atom. The minimum atomic E-state index is -0.699. The molecular weight excluding hydrogens is 484 g/mol. The number of methoxy groups -OCH3 is 1. The van der Waals surface area contributed by atoms with E-state index in [1.807, 2.05) is 31.2 Å². The number of hydrogen-bond donors (Lipinski definition) is 2. The van der Waals surface area contributed by atoms with E-state index in [9.17, 15) is 14.9 Å². The van der Waals surface area contributed by atoms with Crippen molar-refractivity contribution in [3.8, 4) is 22.9 Å². The molecule has 3 aromatic rings. The van der Waals surface area contributed by atoms with Crippen LogP contribution in [-0.4, -0.2) is 30.1 Å². The number of rotatable bonds is 7. The molecule has 2 aliphatic rings. The Labute approximate surface area is 220 Å². The average Bonchev–Trinajstić information content (AvgIpc) is 3.11. The Hall–Kier alpha value is -3.63. The van der Waals surface area contributed by atoms with E-state index in [0.717, 1.165) is 63.3 Å². The first-order chi connectivity index (χ1) is 17.7. The number of thiophene rings is 1. The van der Waals surface area contributed by atoms with Gasteiger partial charge in [-0.3, -0.25) is 9.59 Å². The summed E-state index contributed by atoms with van der Waals surface area (Å²) < 4.78 is 5.34. The monoisotopic (exact) mass is 514 g/mol. The van der Waals surface area contributed by atoms with Gasteiger partial charge in [-0.15, -0.1) is 11.3 Å². The normalized spacial score (nSPS) is 22.0. The van der Waals surface area contributed by atoms with Crippen LogP contribution in [0.3, 0.4) is 0 Å². The summed E-state index contributed by atoms with van der Waals surface area (Å²) in [5, 5.41) is 21.7. The van der Waals surface area contributed by atoms with Crippen molar-refractivity contribution in [2.75, 3.05) is 7.11 Å². The molecule has 1 aromatic heterocycles. The molecule has 2 fully saturated rings. The molecule has 0 radical (unpaired) electrons. The second kappa shape index (κ2) is 9.68. The zero-order chi connectivity index (χ0) is 26.3. The van der Waals surface area contributed by atoms with Gasteiger partial charge in [-0.25, -0.2) is 0 Å². The Bertz CT molecular complexity index is 1400. The molecular formula is C30H30N2O4S. The van der Waals surface area contributed by atoms with Crippen molar-refractivity contribution >= 4 is 23.2 Å². The SMILES string of the molecule is COc1cc(C#N)cc(-c2ccc(Cc3c(C)sc(C)c3C(=O)NC3CC4(C3)CC(C(=O)O)C4)cc2)c1. The molecule has 190 valence electrons. The Morgan fingerprint density at radius 2 is 1.78 bits per heavy atom. The molecule has 2 aliphatic carbocycles. The van der Waals surface area contributed by atoms with E-state index in [1.54, 1.807) is 24.5 Å². The highest BCUT2D eigenvalue weighted by Gasteiger charge is 2.55. The number of ether oxygens (including phenoxy) is 1. The Balaban J connectivity index is 1.28. The number of carboxylic acid groups (broad SMARTS) is 1. The van der Waals surface area contributed by atoms with Gasteiger partial charge in [0.25, 0.3) is 5.91 Å². The third-order valence-electron chi connectivity index (χ3n) is 7.95. The fourth-order valence-electron chi connectivity index (χ4n) is 6.05. The number of carboxylic acids is 1. The van der Waals surface area contributed by atoms with Gasteiger partial charge in [0.15, 0.2) is 0 Å². The first-order valence-corrected chi connectivity index (χ1v) is 13.3. The summed E-state index contributed by atoms with van der Waals surface area (Å²) in [5.41, 5.74) is 5.54. The highest BCUT2D eigenvalue weighted by atomic mass is 32.1. The van der Waals surface area contributed by atoms with E-state index < -0.39 is 5.97 Å². The van der Waals surface area contributed by atoms with Gasteiger partial charge in [-0.1, -0.05) is 24.3 Å². The van der Waals surface area contributed by atoms with Crippen LogP contribution in [0.2, 0.25) is 0 Å². The van der Waals surface area contributed by atoms with Crippen molar-refractivity contribution in [3.05, 3.63) is 74.5 Å². The molecule has 0 atom stereocenters. The van der Waals surface area contributed by atoms with E-state index in [4.69, 9.17) is 9.84 Å². The number of aliphatic carboxylic acids is 1. The third-order valence-corrected chi connectivity index (χ3v) is 9.02. The average molecular weight is 515 g/mol. The van der Waals surface area contributed by atoms with Crippen molar-refractivity contribution in [1.29, 1.82) is 5.26 Å². The van der Waals surface area contributed by atoms with Crippen molar-refractivity contribution in [2.45, 2.75) is 52.0 Å². The number of nitrogens with one attached hydrogen (secondary N) is 1. The van der Waals surface area contributed by atoms with Gasteiger partial charge >= 0.3 is 5.97 Å². The number of nitrogens with zero attached hydrogens (tertiary/aromatic N) is 1. The zero-order valence-electron chi connectivity index (χ0n) is 21.3. The minimum Gasteiger partial charge on any atom is -0.497 e. The molecule has 0 saturated heterocycles. The lowest BCUT2D eigenvalue weighted by Gasteiger charge is -2.56. The van der Waals surface area contributed by atoms with Gasteiger partial charge in [-0.05, 0) is 91.8 Å². The van der Waals surface area contributed by atoms with Crippen molar-refractivity contribution in [2.24, 2.45) is 11.3 Å². The van der Waals surface area contributed by atoms with Crippen LogP contribution < -0.4 is 10.1 Å². The molecule has 1 spiro atoms. The van der Waals surface area contributed by atoms with Gasteiger partial charge in [0.1, 0.15) is 5.75 Å². The first kappa shape index (κ1) is 25.0. The minimum absolute atomic E-state index is 0.0251. The van der Waals surface area contributed by atoms with Gasteiger partial charge in [-0.2, -0.15) is 5.26 Å². The maximum absolute atomic E-state index is 13.3. The van der Waals surface area contributed by atoms with Crippen LogP contribution in [0, 0.1) is 36.5 Å². The van der Waals surface area contributed by atoms with E-state index >= 15 is 0 Å². The zero-order valence-corrected chi connectivity index (χ0v) is 22.1. The summed E-state index contributed by atoms with van der Waals surface area (Å²) >= 11 is 1.65. The highest BCUT2D eigenvalue weighted by Crippen LogP contribution is 2.58. The standard InChI is InChI=1S/C30H30N2O4S/c1-17-26(10-19-4-6-21(7-5-19)22-8-20(16-31)9-25(11-22)36-3)27(18(2)37-17)28(33)32-24-14-30(15-24)12-23(13-30)29(34)35/h4-9,11,23-24H,10,12-15H2,1-3H3,(H,32,33)(H,34,35). The molecule has 0 bridgehead atoms. The van der Waals surface area contributed by atoms with Crippen LogP contribution in [0.25, 0.3) is 11.1 Å². The highest BCUT2D eigenvalue weighted by molar-refractivity contribution is 7.12. The van der Waals surface area contributed by atoms with Crippen LogP contribution in [0.4, 0.5) is 0 Å². The number of hydrogen-bond acceptors (Lipinski definition) is 5. The van der Waals surface area contributed by atoms with Crippen LogP contribution in [0.15, 0.2) is 42.5 Å². The summed E-state index contributed by atoms with van der Waals surface area (Å²) in [6.07, 6.45) is 3.88. The number of carbonyl (C=O) groups is 2. The van der Waals surface area contributed by atoms with Gasteiger partial charge in [0.2, 0.25) is 0 Å². The van der Waals surface area contributed by atoms with E-state index in [0.29, 0.717) is 17.7 Å². The topological polar surface area (TPSA) is 99.4 Å². The summed E-state index contributed by atoms with van der Waals surface area (Å²) in [5.74, 6) is -0.290. The molecule has 2 N–H and O–H groups in total. The van der Waals surface area contributed by atoms with Crippen molar-refractivity contribution in [3.63, 3.8) is 0 Å². The Morgan fingerprint density at radius 1 is 1.08 bits per heavy atom. The third kappa shape index (κ3) is 4.86. The maximum Gasteiger partial charge on any atom is 0.306 e. The summed E-state index contributed by atoms with van der Waals surface area (Å²) in [7, 11) is 1.59. The molecule has 2 aromatic carbocycles. The molecule has 1 amide bonds. The van der Waals surface area contributed by atoms with Crippen LogP contribution in [-0.2, 0) is 11.2 Å². The molecule has 1 heterocycles. The number of aryl methyl sites for hydroxylation is 2. The van der Waals surface area contributed by atoms with Crippen LogP contribution in [0.5, 0.6) is 5.75 Å². The van der Waals surface area contributed by atoms with Gasteiger partial charge in [0.05, 0.1) is 30.2 Å². The molecule has 5 rings (SSSR count). The fraction of sp³-hybridized carbons (Fsp3) is 0.367. The van der Waals surface area contributed by atoms with Gasteiger partial charge < -0.3 is 15.2 Å². The number of nitriles is 1. The molecule has 6 nitrogen and oxygen atoms in total. The van der Waals surface area contributed by atoms with E-state index in [1.165, 1.54) is 0 Å². The number of benzene rings is 2. The molecule has 0 unspecified atom stereocenters.